The van der Waals surface area contributed by atoms with Crippen LogP contribution in [0, 0.1) is 11.3 Å². The molecule has 0 amide bonds. The van der Waals surface area contributed by atoms with Gasteiger partial charge in [0.1, 0.15) is 5.78 Å². The van der Waals surface area contributed by atoms with Crippen molar-refractivity contribution >= 4 is 5.78 Å². The smallest absolute Gasteiger partial charge is 0.143 e. The van der Waals surface area contributed by atoms with Gasteiger partial charge in [-0.2, -0.15) is 0 Å². The molecular weight excluding hydrogens is 152 g/mol. The van der Waals surface area contributed by atoms with Crippen LogP contribution >= 0.6 is 0 Å². The third-order valence-corrected chi connectivity index (χ3v) is 3.20. The molecule has 2 bridgehead atoms. The summed E-state index contributed by atoms with van der Waals surface area (Å²) in [5.41, 5.74) is -0.124. The van der Waals surface area contributed by atoms with Gasteiger partial charge in [-0.15, -0.1) is 0 Å². The molecule has 2 rings (SSSR count). The molecule has 0 aliphatic heterocycles. The molecule has 2 saturated carbocycles. The number of hydrogen-bond acceptors (Lipinski definition) is 2. The van der Waals surface area contributed by atoms with Gasteiger partial charge in [-0.25, -0.2) is 0 Å². The molecule has 2 unspecified atom stereocenters. The van der Waals surface area contributed by atoms with Crippen LogP contribution in [0.25, 0.3) is 0 Å². The summed E-state index contributed by atoms with van der Waals surface area (Å²) in [6.07, 6.45) is 7.74. The molecule has 2 heteroatoms. The van der Waals surface area contributed by atoms with Crippen molar-refractivity contribution in [1.82, 2.24) is 0 Å². The highest BCUT2D eigenvalue weighted by atomic mass is 16.5. The fraction of sp³-hybridized carbons (Fsp3) is 0.700. The molecular formula is C10H14O2. The molecule has 12 heavy (non-hydrogen) atoms. The van der Waals surface area contributed by atoms with Crippen LogP contribution in [0.3, 0.4) is 0 Å². The van der Waals surface area contributed by atoms with Crippen LogP contribution < -0.4 is 0 Å². The molecule has 0 radical (unpaired) electrons. The van der Waals surface area contributed by atoms with Crippen molar-refractivity contribution in [3.63, 3.8) is 0 Å². The minimum Gasteiger partial charge on any atom is -0.505 e. The maximum Gasteiger partial charge on any atom is 0.143 e. The standard InChI is InChI=1S/C10H14O2/c1-12-5-4-10-3-2-8(7-10)6-9(10)11/h4-5,8H,2-3,6-7H2,1H3/b5-4+. The number of allylic oxidation sites excluding steroid dienone is 1. The molecule has 2 aliphatic rings. The minimum absolute atomic E-state index is 0.124. The Bertz CT molecular complexity index is 232. The van der Waals surface area contributed by atoms with Crippen molar-refractivity contribution in [2.75, 3.05) is 7.11 Å². The van der Waals surface area contributed by atoms with Gasteiger partial charge in [0, 0.05) is 6.42 Å². The predicted molar refractivity (Wildman–Crippen MR) is 45.5 cm³/mol. The molecule has 2 fully saturated rings. The van der Waals surface area contributed by atoms with Crippen LogP contribution in [0.5, 0.6) is 0 Å². The zero-order valence-corrected chi connectivity index (χ0v) is 7.38. The van der Waals surface area contributed by atoms with E-state index in [-0.39, 0.29) is 5.41 Å². The summed E-state index contributed by atoms with van der Waals surface area (Å²) in [6, 6.07) is 0. The Morgan fingerprint density at radius 2 is 2.50 bits per heavy atom. The van der Waals surface area contributed by atoms with Crippen molar-refractivity contribution in [2.24, 2.45) is 11.3 Å². The monoisotopic (exact) mass is 166 g/mol. The van der Waals surface area contributed by atoms with Gasteiger partial charge in [-0.3, -0.25) is 4.79 Å². The Labute approximate surface area is 72.6 Å². The second-order valence-electron chi connectivity index (χ2n) is 3.93. The first kappa shape index (κ1) is 7.84. The van der Waals surface area contributed by atoms with Crippen LogP contribution in [-0.2, 0) is 9.53 Å². The van der Waals surface area contributed by atoms with Gasteiger partial charge in [-0.05, 0) is 31.3 Å². The minimum atomic E-state index is -0.124. The van der Waals surface area contributed by atoms with Gasteiger partial charge < -0.3 is 4.74 Å². The zero-order valence-electron chi connectivity index (χ0n) is 7.38. The van der Waals surface area contributed by atoms with E-state index in [1.807, 2.05) is 6.08 Å². The predicted octanol–water partition coefficient (Wildman–Crippen LogP) is 1.91. The zero-order chi connectivity index (χ0) is 8.60. The lowest BCUT2D eigenvalue weighted by Gasteiger charge is -2.19. The largest absolute Gasteiger partial charge is 0.505 e. The van der Waals surface area contributed by atoms with E-state index in [1.165, 1.54) is 6.42 Å². The van der Waals surface area contributed by atoms with Gasteiger partial charge in [0.2, 0.25) is 0 Å². The van der Waals surface area contributed by atoms with Crippen LogP contribution in [0.2, 0.25) is 0 Å². The molecule has 2 atom stereocenters. The van der Waals surface area contributed by atoms with Gasteiger partial charge in [0.05, 0.1) is 18.8 Å². The summed E-state index contributed by atoms with van der Waals surface area (Å²) in [4.78, 5) is 11.6. The van der Waals surface area contributed by atoms with Crippen LogP contribution in [0.1, 0.15) is 25.7 Å². The van der Waals surface area contributed by atoms with Gasteiger partial charge in [0.25, 0.3) is 0 Å². The molecule has 0 aromatic rings. The highest BCUT2D eigenvalue weighted by Crippen LogP contribution is 2.52. The fourth-order valence-electron chi connectivity index (χ4n) is 2.52. The van der Waals surface area contributed by atoms with E-state index < -0.39 is 0 Å². The number of Topliss-reactive ketones (excluding diaryl/α,β-unsaturated/α-hetero) is 1. The Morgan fingerprint density at radius 3 is 3.00 bits per heavy atom. The molecule has 2 nitrogen and oxygen atoms in total. The summed E-state index contributed by atoms with van der Waals surface area (Å²) in [7, 11) is 1.62. The van der Waals surface area contributed by atoms with Gasteiger partial charge in [-0.1, -0.05) is 0 Å². The lowest BCUT2D eigenvalue weighted by Crippen LogP contribution is -2.22. The highest BCUT2D eigenvalue weighted by molar-refractivity contribution is 5.90. The summed E-state index contributed by atoms with van der Waals surface area (Å²) in [5.74, 6) is 1.09. The van der Waals surface area contributed by atoms with Gasteiger partial charge >= 0.3 is 0 Å². The van der Waals surface area contributed by atoms with E-state index in [0.29, 0.717) is 11.7 Å². The van der Waals surface area contributed by atoms with E-state index in [4.69, 9.17) is 4.74 Å². The van der Waals surface area contributed by atoms with Gasteiger partial charge in [0.15, 0.2) is 0 Å². The summed E-state index contributed by atoms with van der Waals surface area (Å²) in [5, 5.41) is 0. The highest BCUT2D eigenvalue weighted by Gasteiger charge is 2.49. The number of ketones is 1. The SMILES string of the molecule is CO/C=C/C12CCC(CC1=O)C2. The molecule has 0 saturated heterocycles. The molecule has 2 aliphatic carbocycles. The Balaban J connectivity index is 2.18. The number of fused-ring (bicyclic) bond motifs is 2. The van der Waals surface area contributed by atoms with Crippen molar-refractivity contribution in [3.8, 4) is 0 Å². The van der Waals surface area contributed by atoms with E-state index >= 15 is 0 Å². The summed E-state index contributed by atoms with van der Waals surface area (Å²) in [6.45, 7) is 0. The van der Waals surface area contributed by atoms with Crippen molar-refractivity contribution in [3.05, 3.63) is 12.3 Å². The third kappa shape index (κ3) is 0.977. The summed E-state index contributed by atoms with van der Waals surface area (Å²) >= 11 is 0. The summed E-state index contributed by atoms with van der Waals surface area (Å²) < 4.78 is 4.86. The number of ether oxygens (including phenoxy) is 1. The topological polar surface area (TPSA) is 26.3 Å². The third-order valence-electron chi connectivity index (χ3n) is 3.20. The van der Waals surface area contributed by atoms with E-state index in [2.05, 4.69) is 0 Å². The van der Waals surface area contributed by atoms with E-state index in [0.717, 1.165) is 19.3 Å². The average molecular weight is 166 g/mol. The maximum absolute atomic E-state index is 11.6. The quantitative estimate of drug-likeness (QED) is 0.586. The first-order valence-corrected chi connectivity index (χ1v) is 4.51. The molecule has 0 aromatic carbocycles. The molecule has 0 heterocycles. The van der Waals surface area contributed by atoms with Crippen molar-refractivity contribution in [2.45, 2.75) is 25.7 Å². The number of methoxy groups -OCH3 is 1. The Morgan fingerprint density at radius 1 is 1.67 bits per heavy atom. The van der Waals surface area contributed by atoms with Crippen LogP contribution in [0.4, 0.5) is 0 Å². The number of carbonyl (C=O) groups is 1. The van der Waals surface area contributed by atoms with Crippen LogP contribution in [-0.4, -0.2) is 12.9 Å². The van der Waals surface area contributed by atoms with Crippen LogP contribution in [0.15, 0.2) is 12.3 Å². The molecule has 0 N–H and O–H groups in total. The Kier molecular flexibility index (Phi) is 1.71. The molecule has 0 spiro atoms. The number of carbonyl (C=O) groups excluding carboxylic acids is 1. The van der Waals surface area contributed by atoms with E-state index in [9.17, 15) is 4.79 Å². The first-order chi connectivity index (χ1) is 5.77. The first-order valence-electron chi connectivity index (χ1n) is 4.51. The fourth-order valence-corrected chi connectivity index (χ4v) is 2.52. The van der Waals surface area contributed by atoms with Crippen molar-refractivity contribution < 1.29 is 9.53 Å². The molecule has 0 aromatic heterocycles. The lowest BCUT2D eigenvalue weighted by molar-refractivity contribution is -0.124. The molecule has 66 valence electrons. The van der Waals surface area contributed by atoms with Crippen molar-refractivity contribution in [1.29, 1.82) is 0 Å². The van der Waals surface area contributed by atoms with E-state index in [1.54, 1.807) is 13.4 Å². The average Bonchev–Trinajstić information content (AvgIpc) is 2.58. The normalized spacial score (nSPS) is 39.8. The maximum atomic E-state index is 11.6. The second kappa shape index (κ2) is 2.61. The number of rotatable bonds is 2. The second-order valence-corrected chi connectivity index (χ2v) is 3.93. The number of hydrogen-bond donors (Lipinski definition) is 0. The Hall–Kier alpha value is -0.790. The lowest BCUT2D eigenvalue weighted by atomic mass is 9.83.